The highest BCUT2D eigenvalue weighted by Gasteiger charge is 2.69. The van der Waals surface area contributed by atoms with Crippen molar-refractivity contribution in [2.45, 2.75) is 250 Å². The Kier molecular flexibility index (Phi) is 18.1. The highest BCUT2D eigenvalue weighted by atomic mass is 127. The van der Waals surface area contributed by atoms with Gasteiger partial charge in [0.2, 0.25) is 0 Å². The van der Waals surface area contributed by atoms with E-state index in [-0.39, 0.29) is 89.9 Å². The van der Waals surface area contributed by atoms with Crippen LogP contribution in [0.3, 0.4) is 0 Å². The molecular formula is C70H84ClI4N5O12. The summed E-state index contributed by atoms with van der Waals surface area (Å²) in [5, 5.41) is 0. The summed E-state index contributed by atoms with van der Waals surface area (Å²) in [6.45, 7) is 7.82. The van der Waals surface area contributed by atoms with Gasteiger partial charge in [0, 0.05) is 155 Å². The Morgan fingerprint density at radius 1 is 0.478 bits per heavy atom. The summed E-state index contributed by atoms with van der Waals surface area (Å²) in [6.07, 6.45) is 43.0. The highest BCUT2D eigenvalue weighted by molar-refractivity contribution is 14.1. The summed E-state index contributed by atoms with van der Waals surface area (Å²) >= 11 is 9.43. The fourth-order valence-corrected chi connectivity index (χ4v) is 25.4. The molecule has 10 bridgehead atoms. The van der Waals surface area contributed by atoms with Gasteiger partial charge < -0.3 is 50.5 Å². The second-order valence-corrected chi connectivity index (χ2v) is 33.3. The molecule has 1 N–H and O–H groups in total. The predicted octanol–water partition coefficient (Wildman–Crippen LogP) is 6.33. The number of piperidine rings is 3. The molecule has 3 unspecified atom stereocenters. The van der Waals surface area contributed by atoms with E-state index in [0.29, 0.717) is 72.5 Å². The number of carbonyl (C=O) groups excluding carboxylic acids is 5. The van der Waals surface area contributed by atoms with Crippen LogP contribution >= 0.6 is 90.4 Å². The quantitative estimate of drug-likeness (QED) is 0.188. The lowest BCUT2D eigenvalue weighted by Crippen LogP contribution is -3.18. The van der Waals surface area contributed by atoms with Crippen molar-refractivity contribution in [3.8, 4) is 0 Å². The number of methoxy groups -OCH3 is 2. The second kappa shape index (κ2) is 24.8. The Labute approximate surface area is 601 Å². The minimum absolute atomic E-state index is 0. The molecular weight excluding hydrogens is 1650 g/mol. The summed E-state index contributed by atoms with van der Waals surface area (Å²) in [5.74, 6) is -0.764. The second-order valence-electron chi connectivity index (χ2n) is 28.7. The summed E-state index contributed by atoms with van der Waals surface area (Å²) in [5.41, 5.74) is 4.05. The van der Waals surface area contributed by atoms with E-state index < -0.39 is 0 Å². The van der Waals surface area contributed by atoms with Crippen LogP contribution in [0.25, 0.3) is 0 Å². The molecule has 15 heterocycles. The first-order chi connectivity index (χ1) is 43.3. The lowest BCUT2D eigenvalue weighted by molar-refractivity contribution is -0.937. The van der Waals surface area contributed by atoms with Crippen molar-refractivity contribution in [1.29, 1.82) is 0 Å². The van der Waals surface area contributed by atoms with E-state index in [4.69, 9.17) is 33.2 Å². The van der Waals surface area contributed by atoms with Crippen LogP contribution < -0.4 is 17.3 Å². The SMILES string of the molecule is C.COC(C)[C@H]1CC[C@H]2N1[C@@H]1C=C(I)C3=CC(=O)O[C@@]32C1.COC(C)[C@H]1CC[C@H]2N1[C@@H]1C=CC3=CC(=O)O[C@@]32C1.O=C1C=C2C(I)=C[C@@H]3C[C@@]2(O1)[C@H]1CCCCN31.O=C1C=C2C(I)=C[C@@H]3C[C@@]2(O1)[C@H]1CCCCN31.O=C1C=C2C(I)=C[C@@H]3C[C@@]2(O1)[C@H]1CCCC[NH+]31.[Cl-]. The van der Waals surface area contributed by atoms with Crippen LogP contribution in [0.1, 0.15) is 137 Å². The average molecular weight is 1730 g/mol. The minimum atomic E-state index is -0.380. The zero-order chi connectivity index (χ0) is 62.1. The zero-order valence-corrected chi connectivity index (χ0v) is 61.2. The summed E-state index contributed by atoms with van der Waals surface area (Å²) in [6, 6.07) is 5.13. The topological polar surface area (TPSA) is 167 Å². The van der Waals surface area contributed by atoms with Crippen LogP contribution in [-0.2, 0) is 57.1 Å². The lowest BCUT2D eigenvalue weighted by Gasteiger charge is -2.38. The molecule has 15 aliphatic heterocycles. The van der Waals surface area contributed by atoms with E-state index in [1.165, 1.54) is 84.2 Å². The molecule has 0 amide bonds. The molecule has 10 fully saturated rings. The maximum atomic E-state index is 11.8. The number of ether oxygens (including phenoxy) is 7. The van der Waals surface area contributed by atoms with Gasteiger partial charge in [-0.05, 0) is 188 Å². The number of quaternary nitrogens is 1. The first-order valence-corrected chi connectivity index (χ1v) is 37.6. The van der Waals surface area contributed by atoms with Crippen LogP contribution in [0.2, 0.25) is 0 Å². The summed E-state index contributed by atoms with van der Waals surface area (Å²) in [7, 11) is 3.55. The number of esters is 5. The van der Waals surface area contributed by atoms with E-state index in [1.807, 2.05) is 0 Å². The van der Waals surface area contributed by atoms with Gasteiger partial charge >= 0.3 is 29.8 Å². The van der Waals surface area contributed by atoms with E-state index >= 15 is 0 Å². The first kappa shape index (κ1) is 66.9. The van der Waals surface area contributed by atoms with Crippen LogP contribution in [0.4, 0.5) is 0 Å². The zero-order valence-electron chi connectivity index (χ0n) is 51.9. The fourth-order valence-electron chi connectivity index (χ4n) is 21.3. The fraction of sp³-hybridized carbons (Fsp3) is 0.643. The van der Waals surface area contributed by atoms with Gasteiger partial charge in [0.05, 0.1) is 49.3 Å². The smallest absolute Gasteiger partial charge is 0.332 e. The Morgan fingerprint density at radius 3 is 1.42 bits per heavy atom. The van der Waals surface area contributed by atoms with Crippen LogP contribution in [0.5, 0.6) is 0 Å². The normalized spacial score (nSPS) is 43.6. The number of hydrogen-bond donors (Lipinski definition) is 1. The first-order valence-electron chi connectivity index (χ1n) is 33.3. The molecule has 496 valence electrons. The van der Waals surface area contributed by atoms with Crippen molar-refractivity contribution in [3.63, 3.8) is 0 Å². The van der Waals surface area contributed by atoms with Gasteiger partial charge in [-0.15, -0.1) is 0 Å². The minimum Gasteiger partial charge on any atom is -1.00 e. The van der Waals surface area contributed by atoms with Gasteiger partial charge in [-0.25, -0.2) is 24.0 Å². The Bertz CT molecular complexity index is 3290. The van der Waals surface area contributed by atoms with Gasteiger partial charge in [0.15, 0.2) is 28.0 Å². The number of carbonyl (C=O) groups is 5. The van der Waals surface area contributed by atoms with Gasteiger partial charge in [-0.3, -0.25) is 19.6 Å². The molecule has 0 aromatic carbocycles. The maximum Gasteiger partial charge on any atom is 0.332 e. The number of nitrogens with one attached hydrogen (secondary N) is 1. The van der Waals surface area contributed by atoms with Gasteiger partial charge in [0.25, 0.3) is 0 Å². The monoisotopic (exact) mass is 1730 g/mol. The van der Waals surface area contributed by atoms with Crippen molar-refractivity contribution in [1.82, 2.24) is 19.6 Å². The van der Waals surface area contributed by atoms with Crippen LogP contribution in [0, 0.1) is 0 Å². The molecule has 0 radical (unpaired) electrons. The van der Waals surface area contributed by atoms with Crippen LogP contribution in [0.15, 0.2) is 109 Å². The van der Waals surface area contributed by atoms with E-state index in [9.17, 15) is 24.0 Å². The third-order valence-corrected chi connectivity index (χ3v) is 28.6. The Hall–Kier alpha value is -2.32. The third-order valence-electron chi connectivity index (χ3n) is 24.9. The molecule has 20 rings (SSSR count). The average Bonchev–Trinajstić information content (AvgIpc) is 1.57. The number of rotatable bonds is 4. The van der Waals surface area contributed by atoms with Crippen LogP contribution in [-0.4, -0.2) is 196 Å². The molecule has 20 atom stereocenters. The van der Waals surface area contributed by atoms with Crippen molar-refractivity contribution in [2.24, 2.45) is 0 Å². The van der Waals surface area contributed by atoms with Crippen molar-refractivity contribution >= 4 is 120 Å². The lowest BCUT2D eigenvalue weighted by atomic mass is 9.80. The summed E-state index contributed by atoms with van der Waals surface area (Å²) < 4.78 is 44.9. The Morgan fingerprint density at radius 2 is 0.891 bits per heavy atom. The molecule has 5 aliphatic carbocycles. The molecule has 22 heteroatoms. The molecule has 92 heavy (non-hydrogen) atoms. The Balaban J connectivity index is 0.0000000995. The molecule has 17 nitrogen and oxygen atoms in total. The number of fused-ring (bicyclic) bond motifs is 15. The number of halogens is 5. The molecule has 20 aliphatic rings. The summed E-state index contributed by atoms with van der Waals surface area (Å²) in [4.78, 5) is 70.4. The molecule has 5 spiro atoms. The predicted molar refractivity (Wildman–Crippen MR) is 373 cm³/mol. The maximum absolute atomic E-state index is 11.8. The third kappa shape index (κ3) is 10.1. The van der Waals surface area contributed by atoms with E-state index in [0.717, 1.165) is 93.2 Å². The van der Waals surface area contributed by atoms with Crippen molar-refractivity contribution < 1.29 is 74.4 Å². The van der Waals surface area contributed by atoms with Gasteiger partial charge in [-0.2, -0.15) is 0 Å². The largest absolute Gasteiger partial charge is 1.00 e. The molecule has 10 saturated heterocycles. The molecule has 0 aromatic heterocycles. The molecule has 0 saturated carbocycles. The number of hydrogen-bond acceptors (Lipinski definition) is 16. The molecule has 0 aromatic rings. The number of nitrogens with zero attached hydrogens (tertiary/aromatic N) is 4. The van der Waals surface area contributed by atoms with Gasteiger partial charge in [-0.1, -0.05) is 50.6 Å². The van der Waals surface area contributed by atoms with E-state index in [2.05, 4.69) is 160 Å². The van der Waals surface area contributed by atoms with Crippen molar-refractivity contribution in [2.75, 3.05) is 33.9 Å². The van der Waals surface area contributed by atoms with Crippen molar-refractivity contribution in [3.05, 3.63) is 109 Å². The standard InChI is InChI=1S/C15H18INO3.C15H19NO3.3C13H14INO2.CH4.ClH/c1-8(19-2)12-3-4-13-15-7-9(17(12)13)5-11(16)10(15)6-14(18)20-15;1-9(18-2)12-5-6-13-15-8-11(16(12)13)4-3-10(15)7-14(17)19-15;3*14-10-5-8-7-13(9(10)6-12(16)17-13)11-3-1-2-4-15(8)11;;/h5-6,8-9,12-13H,3-4,7H2,1-2H3;3-4,7,9,11-13H,5-6,8H2,1-2H3;3*5-6,8,11H,1-4,7H2;1H4;1H/t8?,9-,12-,13-,15+;9?,11-,12-,13-,15+;3*8-,11-,13+;;/m11111../s1. The van der Waals surface area contributed by atoms with Gasteiger partial charge in [0.1, 0.15) is 12.1 Å². The van der Waals surface area contributed by atoms with E-state index in [1.54, 1.807) is 49.5 Å². The highest BCUT2D eigenvalue weighted by Crippen LogP contribution is 2.60.